The molecule has 0 aromatic carbocycles. The molecular formula is C15H24N2O2. The summed E-state index contributed by atoms with van der Waals surface area (Å²) in [7, 11) is 1.71. The van der Waals surface area contributed by atoms with E-state index in [0.29, 0.717) is 11.7 Å². The fourth-order valence-corrected chi connectivity index (χ4v) is 3.01. The largest absolute Gasteiger partial charge is 0.373 e. The van der Waals surface area contributed by atoms with E-state index in [-0.39, 0.29) is 11.7 Å². The standard InChI is InChI=1S/C15H24N2O2/c1-3-7-12-10-13(18)17-15(16-12)14(19-2)11-8-5-4-6-9-11/h10-11,14H,3-9H2,1-2H3,(H,16,17,18). The molecule has 4 heteroatoms. The highest BCUT2D eigenvalue weighted by atomic mass is 16.5. The lowest BCUT2D eigenvalue weighted by Crippen LogP contribution is -2.23. The Bertz CT molecular complexity index is 450. The highest BCUT2D eigenvalue weighted by molar-refractivity contribution is 5.06. The van der Waals surface area contributed by atoms with Crippen LogP contribution in [0, 0.1) is 5.92 Å². The molecule has 1 aliphatic rings. The first kappa shape index (κ1) is 14.3. The molecular weight excluding hydrogens is 240 g/mol. The number of aryl methyl sites for hydroxylation is 1. The van der Waals surface area contributed by atoms with Crippen LogP contribution in [0.4, 0.5) is 0 Å². The SMILES string of the molecule is CCCc1cc(=O)[nH]c(C(OC)C2CCCCC2)n1. The molecule has 1 aromatic rings. The number of methoxy groups -OCH3 is 1. The smallest absolute Gasteiger partial charge is 0.251 e. The number of hydrogen-bond acceptors (Lipinski definition) is 3. The monoisotopic (exact) mass is 264 g/mol. The molecule has 0 bridgehead atoms. The average molecular weight is 264 g/mol. The molecule has 4 nitrogen and oxygen atoms in total. The number of ether oxygens (including phenoxy) is 1. The predicted molar refractivity (Wildman–Crippen MR) is 75.2 cm³/mol. The van der Waals surface area contributed by atoms with Crippen molar-refractivity contribution in [3.8, 4) is 0 Å². The third-order valence-corrected chi connectivity index (χ3v) is 3.92. The molecule has 1 fully saturated rings. The average Bonchev–Trinajstić information content (AvgIpc) is 2.40. The molecule has 1 heterocycles. The fourth-order valence-electron chi connectivity index (χ4n) is 3.01. The lowest BCUT2D eigenvalue weighted by atomic mass is 9.85. The van der Waals surface area contributed by atoms with Gasteiger partial charge in [0.15, 0.2) is 0 Å². The van der Waals surface area contributed by atoms with Gasteiger partial charge in [0.25, 0.3) is 5.56 Å². The van der Waals surface area contributed by atoms with Crippen molar-refractivity contribution in [2.45, 2.75) is 58.0 Å². The number of nitrogens with one attached hydrogen (secondary N) is 1. The van der Waals surface area contributed by atoms with Gasteiger partial charge in [0, 0.05) is 18.9 Å². The Labute approximate surface area is 114 Å². The van der Waals surface area contributed by atoms with Crippen molar-refractivity contribution < 1.29 is 4.74 Å². The van der Waals surface area contributed by atoms with Crippen molar-refractivity contribution in [3.05, 3.63) is 27.9 Å². The van der Waals surface area contributed by atoms with Crippen molar-refractivity contribution in [1.29, 1.82) is 0 Å². The maximum Gasteiger partial charge on any atom is 0.251 e. The van der Waals surface area contributed by atoms with Gasteiger partial charge >= 0.3 is 0 Å². The summed E-state index contributed by atoms with van der Waals surface area (Å²) >= 11 is 0. The first-order valence-corrected chi connectivity index (χ1v) is 7.37. The van der Waals surface area contributed by atoms with Gasteiger partial charge in [-0.25, -0.2) is 4.98 Å². The van der Waals surface area contributed by atoms with E-state index in [1.54, 1.807) is 13.2 Å². The first-order chi connectivity index (χ1) is 9.24. The summed E-state index contributed by atoms with van der Waals surface area (Å²) in [6, 6.07) is 1.60. The zero-order chi connectivity index (χ0) is 13.7. The highest BCUT2D eigenvalue weighted by Gasteiger charge is 2.27. The second-order valence-corrected chi connectivity index (χ2v) is 5.43. The van der Waals surface area contributed by atoms with Gasteiger partial charge in [-0.2, -0.15) is 0 Å². The quantitative estimate of drug-likeness (QED) is 0.889. The Morgan fingerprint density at radius 2 is 2.16 bits per heavy atom. The number of H-pyrrole nitrogens is 1. The van der Waals surface area contributed by atoms with E-state index in [1.165, 1.54) is 32.1 Å². The van der Waals surface area contributed by atoms with Gasteiger partial charge in [0.1, 0.15) is 11.9 Å². The first-order valence-electron chi connectivity index (χ1n) is 7.37. The molecule has 0 aliphatic heterocycles. The van der Waals surface area contributed by atoms with Crippen LogP contribution < -0.4 is 5.56 Å². The molecule has 19 heavy (non-hydrogen) atoms. The van der Waals surface area contributed by atoms with Crippen LogP contribution in [0.1, 0.15) is 63.1 Å². The van der Waals surface area contributed by atoms with Crippen molar-refractivity contribution in [2.75, 3.05) is 7.11 Å². The van der Waals surface area contributed by atoms with E-state index in [9.17, 15) is 4.79 Å². The zero-order valence-corrected chi connectivity index (χ0v) is 11.9. The molecule has 2 rings (SSSR count). The summed E-state index contributed by atoms with van der Waals surface area (Å²) in [6.07, 6.45) is 7.93. The van der Waals surface area contributed by atoms with Gasteiger partial charge < -0.3 is 9.72 Å². The van der Waals surface area contributed by atoms with E-state index < -0.39 is 0 Å². The Morgan fingerprint density at radius 3 is 2.79 bits per heavy atom. The van der Waals surface area contributed by atoms with E-state index in [0.717, 1.165) is 18.5 Å². The number of rotatable bonds is 5. The van der Waals surface area contributed by atoms with Gasteiger partial charge in [-0.05, 0) is 25.2 Å². The lowest BCUT2D eigenvalue weighted by Gasteiger charge is -2.28. The number of aromatic nitrogens is 2. The van der Waals surface area contributed by atoms with Gasteiger partial charge in [-0.1, -0.05) is 32.6 Å². The highest BCUT2D eigenvalue weighted by Crippen LogP contribution is 2.34. The summed E-state index contributed by atoms with van der Waals surface area (Å²) in [5.41, 5.74) is 0.811. The Hall–Kier alpha value is -1.16. The topological polar surface area (TPSA) is 55.0 Å². The van der Waals surface area contributed by atoms with E-state index in [2.05, 4.69) is 16.9 Å². The summed E-state index contributed by atoms with van der Waals surface area (Å²) in [4.78, 5) is 19.2. The molecule has 0 radical (unpaired) electrons. The minimum atomic E-state index is -0.0650. The molecule has 1 atom stereocenters. The second kappa shape index (κ2) is 6.85. The molecule has 106 valence electrons. The molecule has 1 aromatic heterocycles. The molecule has 1 unspecified atom stereocenters. The summed E-state index contributed by atoms with van der Waals surface area (Å²) in [5.74, 6) is 1.20. The van der Waals surface area contributed by atoms with E-state index in [1.807, 2.05) is 0 Å². The van der Waals surface area contributed by atoms with Crippen molar-refractivity contribution in [1.82, 2.24) is 9.97 Å². The van der Waals surface area contributed by atoms with E-state index in [4.69, 9.17) is 4.74 Å². The molecule has 1 saturated carbocycles. The number of aromatic amines is 1. The van der Waals surface area contributed by atoms with Gasteiger partial charge in [0.05, 0.1) is 0 Å². The van der Waals surface area contributed by atoms with Crippen LogP contribution in [0.3, 0.4) is 0 Å². The van der Waals surface area contributed by atoms with Crippen LogP contribution >= 0.6 is 0 Å². The Balaban J connectivity index is 2.23. The minimum absolute atomic E-state index is 0.0636. The predicted octanol–water partition coefficient (Wildman–Crippen LogP) is 2.99. The molecule has 1 aliphatic carbocycles. The summed E-state index contributed by atoms with van der Waals surface area (Å²) in [5, 5.41) is 0. The van der Waals surface area contributed by atoms with Crippen LogP contribution in [0.25, 0.3) is 0 Å². The molecule has 0 amide bonds. The summed E-state index contributed by atoms with van der Waals surface area (Å²) in [6.45, 7) is 2.09. The van der Waals surface area contributed by atoms with Crippen LogP contribution in [0.5, 0.6) is 0 Å². The van der Waals surface area contributed by atoms with Crippen LogP contribution in [0.2, 0.25) is 0 Å². The fraction of sp³-hybridized carbons (Fsp3) is 0.733. The zero-order valence-electron chi connectivity index (χ0n) is 11.9. The van der Waals surface area contributed by atoms with Gasteiger partial charge in [-0.3, -0.25) is 4.79 Å². The normalized spacial score (nSPS) is 18.4. The van der Waals surface area contributed by atoms with Gasteiger partial charge in [-0.15, -0.1) is 0 Å². The third-order valence-electron chi connectivity index (χ3n) is 3.92. The molecule has 1 N–H and O–H groups in total. The second-order valence-electron chi connectivity index (χ2n) is 5.43. The minimum Gasteiger partial charge on any atom is -0.373 e. The number of hydrogen-bond donors (Lipinski definition) is 1. The Kier molecular flexibility index (Phi) is 5.14. The van der Waals surface area contributed by atoms with Crippen LogP contribution in [-0.2, 0) is 11.2 Å². The van der Waals surface area contributed by atoms with Crippen LogP contribution in [-0.4, -0.2) is 17.1 Å². The van der Waals surface area contributed by atoms with Crippen molar-refractivity contribution >= 4 is 0 Å². The third kappa shape index (κ3) is 3.66. The van der Waals surface area contributed by atoms with Crippen molar-refractivity contribution in [3.63, 3.8) is 0 Å². The maximum absolute atomic E-state index is 11.7. The number of nitrogens with zero attached hydrogens (tertiary/aromatic N) is 1. The lowest BCUT2D eigenvalue weighted by molar-refractivity contribution is 0.0286. The summed E-state index contributed by atoms with van der Waals surface area (Å²) < 4.78 is 5.63. The van der Waals surface area contributed by atoms with Crippen molar-refractivity contribution in [2.24, 2.45) is 5.92 Å². The molecule has 0 spiro atoms. The van der Waals surface area contributed by atoms with Crippen LogP contribution in [0.15, 0.2) is 10.9 Å². The molecule has 0 saturated heterocycles. The maximum atomic E-state index is 11.7. The Morgan fingerprint density at radius 1 is 1.42 bits per heavy atom. The van der Waals surface area contributed by atoms with Gasteiger partial charge in [0.2, 0.25) is 0 Å². The van der Waals surface area contributed by atoms with E-state index >= 15 is 0 Å².